The zero-order chi connectivity index (χ0) is 12.6. The average molecular weight is 255 g/mol. The van der Waals surface area contributed by atoms with Crippen molar-refractivity contribution in [3.05, 3.63) is 22.8 Å². The molecule has 2 unspecified atom stereocenters. The first-order valence-corrected chi connectivity index (χ1v) is 6.02. The number of carbonyl (C=O) groups is 1. The van der Waals surface area contributed by atoms with Crippen molar-refractivity contribution >= 4 is 23.4 Å². The topological polar surface area (TPSA) is 53.4 Å². The molecule has 0 bridgehead atoms. The van der Waals surface area contributed by atoms with Crippen molar-refractivity contribution in [3.63, 3.8) is 0 Å². The molecule has 0 aliphatic carbocycles. The second-order valence-corrected chi connectivity index (χ2v) is 5.08. The average Bonchev–Trinajstić information content (AvgIpc) is 2.58. The van der Waals surface area contributed by atoms with Crippen molar-refractivity contribution in [2.24, 2.45) is 5.92 Å². The first-order chi connectivity index (χ1) is 7.99. The Bertz CT molecular complexity index is 450. The van der Waals surface area contributed by atoms with Crippen LogP contribution in [0.15, 0.2) is 12.3 Å². The van der Waals surface area contributed by atoms with Gasteiger partial charge < -0.3 is 10.0 Å². The minimum absolute atomic E-state index is 0.114. The van der Waals surface area contributed by atoms with E-state index in [-0.39, 0.29) is 10.6 Å². The molecule has 2 rings (SSSR count). The maximum absolute atomic E-state index is 11.0. The van der Waals surface area contributed by atoms with Gasteiger partial charge in [0.05, 0.1) is 10.6 Å². The highest BCUT2D eigenvalue weighted by Gasteiger charge is 2.27. The van der Waals surface area contributed by atoms with Crippen molar-refractivity contribution in [2.45, 2.75) is 26.3 Å². The number of aromatic carboxylic acids is 1. The molecule has 1 aromatic heterocycles. The molecule has 1 N–H and O–H groups in total. The summed E-state index contributed by atoms with van der Waals surface area (Å²) in [4.78, 5) is 17.4. The summed E-state index contributed by atoms with van der Waals surface area (Å²) < 4.78 is 0. The number of halogens is 1. The van der Waals surface area contributed by atoms with Gasteiger partial charge in [-0.25, -0.2) is 9.78 Å². The van der Waals surface area contributed by atoms with Crippen LogP contribution >= 0.6 is 11.6 Å². The van der Waals surface area contributed by atoms with Crippen LogP contribution in [0.1, 0.15) is 30.6 Å². The van der Waals surface area contributed by atoms with Crippen molar-refractivity contribution in [1.82, 2.24) is 4.98 Å². The molecule has 1 fully saturated rings. The minimum Gasteiger partial charge on any atom is -0.478 e. The third-order valence-electron chi connectivity index (χ3n) is 3.15. The number of aromatic nitrogens is 1. The number of rotatable bonds is 2. The lowest BCUT2D eigenvalue weighted by Crippen LogP contribution is -2.27. The summed E-state index contributed by atoms with van der Waals surface area (Å²) >= 11 is 5.80. The maximum Gasteiger partial charge on any atom is 0.337 e. The van der Waals surface area contributed by atoms with Crippen LogP contribution in [0.5, 0.6) is 0 Å². The highest BCUT2D eigenvalue weighted by atomic mass is 35.5. The molecule has 92 valence electrons. The molecule has 2 atom stereocenters. The van der Waals surface area contributed by atoms with Gasteiger partial charge in [-0.1, -0.05) is 18.5 Å². The Kier molecular flexibility index (Phi) is 3.24. The Hall–Kier alpha value is -1.29. The van der Waals surface area contributed by atoms with E-state index in [1.807, 2.05) is 0 Å². The zero-order valence-corrected chi connectivity index (χ0v) is 10.6. The van der Waals surface area contributed by atoms with Crippen molar-refractivity contribution in [1.29, 1.82) is 0 Å². The van der Waals surface area contributed by atoms with Gasteiger partial charge in [-0.2, -0.15) is 0 Å². The number of nitrogens with zero attached hydrogens (tertiary/aromatic N) is 2. The third kappa shape index (κ3) is 2.36. The lowest BCUT2D eigenvalue weighted by atomic mass is 10.1. The summed E-state index contributed by atoms with van der Waals surface area (Å²) in [6.45, 7) is 5.22. The van der Waals surface area contributed by atoms with Crippen LogP contribution in [0, 0.1) is 5.92 Å². The summed E-state index contributed by atoms with van der Waals surface area (Å²) in [6, 6.07) is 1.94. The second-order valence-electron chi connectivity index (χ2n) is 4.67. The highest BCUT2D eigenvalue weighted by Crippen LogP contribution is 2.29. The molecule has 0 radical (unpaired) electrons. The van der Waals surface area contributed by atoms with E-state index >= 15 is 0 Å². The van der Waals surface area contributed by atoms with Crippen LogP contribution in [0.3, 0.4) is 0 Å². The van der Waals surface area contributed by atoms with Crippen molar-refractivity contribution in [3.8, 4) is 0 Å². The molecule has 2 heterocycles. The molecular weight excluding hydrogens is 240 g/mol. The molecule has 1 aliphatic heterocycles. The summed E-state index contributed by atoms with van der Waals surface area (Å²) in [6.07, 6.45) is 2.52. The van der Waals surface area contributed by atoms with Crippen LogP contribution < -0.4 is 4.90 Å². The van der Waals surface area contributed by atoms with Crippen LogP contribution in [0.2, 0.25) is 5.02 Å². The Balaban J connectivity index is 2.34. The molecule has 5 heteroatoms. The molecule has 0 aromatic carbocycles. The van der Waals surface area contributed by atoms with E-state index in [0.717, 1.165) is 13.0 Å². The Labute approximate surface area is 105 Å². The predicted molar refractivity (Wildman–Crippen MR) is 66.8 cm³/mol. The molecule has 1 aromatic rings. The van der Waals surface area contributed by atoms with Gasteiger partial charge in [-0.15, -0.1) is 0 Å². The van der Waals surface area contributed by atoms with Gasteiger partial charge in [-0.3, -0.25) is 0 Å². The van der Waals surface area contributed by atoms with Gasteiger partial charge in [0.2, 0.25) is 0 Å². The number of hydrogen-bond donors (Lipinski definition) is 1. The minimum atomic E-state index is -1.02. The van der Waals surface area contributed by atoms with Gasteiger partial charge in [0.25, 0.3) is 0 Å². The van der Waals surface area contributed by atoms with E-state index < -0.39 is 5.97 Å². The number of carboxylic acid groups (broad SMARTS) is 1. The molecular formula is C12H15ClN2O2. The van der Waals surface area contributed by atoms with E-state index in [0.29, 0.717) is 17.8 Å². The first-order valence-electron chi connectivity index (χ1n) is 5.64. The van der Waals surface area contributed by atoms with Crippen LogP contribution in [-0.2, 0) is 0 Å². The summed E-state index contributed by atoms with van der Waals surface area (Å²) in [5, 5.41) is 9.20. The number of hydrogen-bond acceptors (Lipinski definition) is 3. The van der Waals surface area contributed by atoms with Crippen LogP contribution in [0.4, 0.5) is 5.82 Å². The number of carboxylic acids is 1. The number of pyridine rings is 1. The SMILES string of the molecule is CC1CC(C)N(c2cc(C(=O)O)c(Cl)cn2)C1. The highest BCUT2D eigenvalue weighted by molar-refractivity contribution is 6.33. The van der Waals surface area contributed by atoms with Crippen molar-refractivity contribution in [2.75, 3.05) is 11.4 Å². The predicted octanol–water partition coefficient (Wildman–Crippen LogP) is 2.67. The Morgan fingerprint density at radius 2 is 2.29 bits per heavy atom. The largest absolute Gasteiger partial charge is 0.478 e. The van der Waals surface area contributed by atoms with Gasteiger partial charge >= 0.3 is 5.97 Å². The lowest BCUT2D eigenvalue weighted by Gasteiger charge is -2.22. The van der Waals surface area contributed by atoms with Gasteiger partial charge in [-0.05, 0) is 25.3 Å². The van der Waals surface area contributed by atoms with E-state index in [4.69, 9.17) is 16.7 Å². The zero-order valence-electron chi connectivity index (χ0n) is 9.85. The monoisotopic (exact) mass is 254 g/mol. The van der Waals surface area contributed by atoms with E-state index in [2.05, 4.69) is 23.7 Å². The van der Waals surface area contributed by atoms with E-state index in [1.54, 1.807) is 6.07 Å². The molecule has 17 heavy (non-hydrogen) atoms. The van der Waals surface area contributed by atoms with Gasteiger partial charge in [0.15, 0.2) is 0 Å². The quantitative estimate of drug-likeness (QED) is 0.882. The fourth-order valence-electron chi connectivity index (χ4n) is 2.37. The summed E-state index contributed by atoms with van der Waals surface area (Å²) in [5.74, 6) is 0.290. The number of anilines is 1. The smallest absolute Gasteiger partial charge is 0.337 e. The van der Waals surface area contributed by atoms with Gasteiger partial charge in [0, 0.05) is 18.8 Å². The van der Waals surface area contributed by atoms with E-state index in [9.17, 15) is 4.79 Å². The molecule has 0 amide bonds. The standard InChI is InChI=1S/C12H15ClN2O2/c1-7-3-8(2)15(6-7)11-4-9(12(16)17)10(13)5-14-11/h4-5,7-8H,3,6H2,1-2H3,(H,16,17). The molecule has 0 saturated carbocycles. The first kappa shape index (κ1) is 12.2. The van der Waals surface area contributed by atoms with Crippen LogP contribution in [0.25, 0.3) is 0 Å². The molecule has 0 spiro atoms. The summed E-state index contributed by atoms with van der Waals surface area (Å²) in [5.41, 5.74) is 0.114. The Morgan fingerprint density at radius 3 is 2.82 bits per heavy atom. The second kappa shape index (κ2) is 4.53. The molecule has 1 aliphatic rings. The van der Waals surface area contributed by atoms with E-state index in [1.165, 1.54) is 6.20 Å². The fraction of sp³-hybridized carbons (Fsp3) is 0.500. The maximum atomic E-state index is 11.0. The molecule has 4 nitrogen and oxygen atoms in total. The lowest BCUT2D eigenvalue weighted by molar-refractivity contribution is 0.0697. The molecule has 1 saturated heterocycles. The Morgan fingerprint density at radius 1 is 1.59 bits per heavy atom. The summed E-state index contributed by atoms with van der Waals surface area (Å²) in [7, 11) is 0. The van der Waals surface area contributed by atoms with Crippen LogP contribution in [-0.4, -0.2) is 28.6 Å². The van der Waals surface area contributed by atoms with Gasteiger partial charge in [0.1, 0.15) is 5.82 Å². The fourth-order valence-corrected chi connectivity index (χ4v) is 2.55. The third-order valence-corrected chi connectivity index (χ3v) is 3.45. The van der Waals surface area contributed by atoms with Crippen molar-refractivity contribution < 1.29 is 9.90 Å². The normalized spacial score (nSPS) is 24.1.